The number of ether oxygens (including phenoxy) is 1. The molecule has 144 valence electrons. The Morgan fingerprint density at radius 3 is 2.41 bits per heavy atom. The molecule has 1 amide bonds. The van der Waals surface area contributed by atoms with E-state index in [0.717, 1.165) is 27.5 Å². The van der Waals surface area contributed by atoms with E-state index in [1.165, 1.54) is 18.4 Å². The fourth-order valence-electron chi connectivity index (χ4n) is 3.29. The molecular formula is C24H19NO3S. The summed E-state index contributed by atoms with van der Waals surface area (Å²) in [6.07, 6.45) is 0. The smallest absolute Gasteiger partial charge is 0.341 e. The van der Waals surface area contributed by atoms with Crippen molar-refractivity contribution in [2.75, 3.05) is 12.4 Å². The molecule has 0 fully saturated rings. The summed E-state index contributed by atoms with van der Waals surface area (Å²) in [6, 6.07) is 21.2. The quantitative estimate of drug-likeness (QED) is 0.432. The highest BCUT2D eigenvalue weighted by molar-refractivity contribution is 7.15. The second-order valence-corrected chi connectivity index (χ2v) is 7.57. The molecule has 0 aliphatic carbocycles. The molecule has 3 aromatic carbocycles. The minimum absolute atomic E-state index is 0.260. The molecule has 0 unspecified atom stereocenters. The number of hydrogen-bond acceptors (Lipinski definition) is 4. The number of rotatable bonds is 4. The van der Waals surface area contributed by atoms with Crippen LogP contribution in [0, 0.1) is 6.92 Å². The normalized spacial score (nSPS) is 10.7. The third-order valence-corrected chi connectivity index (χ3v) is 5.70. The van der Waals surface area contributed by atoms with Crippen LogP contribution in [0.5, 0.6) is 0 Å². The molecule has 0 bridgehead atoms. The Hall–Kier alpha value is -3.44. The first-order valence-corrected chi connectivity index (χ1v) is 10.0. The van der Waals surface area contributed by atoms with Gasteiger partial charge < -0.3 is 10.1 Å². The minimum Gasteiger partial charge on any atom is -0.465 e. The lowest BCUT2D eigenvalue weighted by molar-refractivity contribution is 0.0603. The summed E-state index contributed by atoms with van der Waals surface area (Å²) >= 11 is 1.31. The maximum Gasteiger partial charge on any atom is 0.341 e. The lowest BCUT2D eigenvalue weighted by Crippen LogP contribution is -2.14. The number of carbonyl (C=O) groups excluding carboxylic acids is 2. The second-order valence-electron chi connectivity index (χ2n) is 6.69. The fourth-order valence-corrected chi connectivity index (χ4v) is 4.25. The summed E-state index contributed by atoms with van der Waals surface area (Å²) in [5.74, 6) is -0.737. The maximum absolute atomic E-state index is 13.0. The number of amides is 1. The van der Waals surface area contributed by atoms with E-state index >= 15 is 0 Å². The van der Waals surface area contributed by atoms with E-state index in [1.807, 2.05) is 73.0 Å². The maximum atomic E-state index is 13.0. The van der Waals surface area contributed by atoms with Crippen molar-refractivity contribution >= 4 is 39.0 Å². The molecule has 1 N–H and O–H groups in total. The summed E-state index contributed by atoms with van der Waals surface area (Å²) in [7, 11) is 1.34. The summed E-state index contributed by atoms with van der Waals surface area (Å²) < 4.78 is 5.00. The first-order chi connectivity index (χ1) is 14.1. The summed E-state index contributed by atoms with van der Waals surface area (Å²) in [5, 5.41) is 7.11. The van der Waals surface area contributed by atoms with Gasteiger partial charge in [0, 0.05) is 16.5 Å². The van der Waals surface area contributed by atoms with Crippen LogP contribution in [-0.4, -0.2) is 19.0 Å². The molecule has 0 spiro atoms. The van der Waals surface area contributed by atoms with Gasteiger partial charge in [-0.25, -0.2) is 4.79 Å². The summed E-state index contributed by atoms with van der Waals surface area (Å²) in [6.45, 7) is 2.01. The number of nitrogens with one attached hydrogen (secondary N) is 1. The first-order valence-electron chi connectivity index (χ1n) is 9.14. The van der Waals surface area contributed by atoms with Gasteiger partial charge in [-0.2, -0.15) is 0 Å². The van der Waals surface area contributed by atoms with Gasteiger partial charge in [0.2, 0.25) is 0 Å². The first kappa shape index (κ1) is 18.9. The zero-order chi connectivity index (χ0) is 20.4. The number of anilines is 1. The van der Waals surface area contributed by atoms with Crippen LogP contribution in [-0.2, 0) is 4.74 Å². The molecule has 1 heterocycles. The molecule has 0 radical (unpaired) electrons. The van der Waals surface area contributed by atoms with E-state index in [4.69, 9.17) is 4.74 Å². The molecule has 1 aromatic heterocycles. The number of thiophene rings is 1. The Kier molecular flexibility index (Phi) is 5.14. The largest absolute Gasteiger partial charge is 0.465 e. The van der Waals surface area contributed by atoms with Crippen molar-refractivity contribution in [1.29, 1.82) is 0 Å². The Morgan fingerprint density at radius 1 is 0.931 bits per heavy atom. The van der Waals surface area contributed by atoms with E-state index in [9.17, 15) is 9.59 Å². The lowest BCUT2D eigenvalue weighted by atomic mass is 10.0. The molecular weight excluding hydrogens is 382 g/mol. The molecule has 0 aliphatic rings. The Labute approximate surface area is 172 Å². The average Bonchev–Trinajstić information content (AvgIpc) is 3.16. The number of carbonyl (C=O) groups is 2. The predicted octanol–water partition coefficient (Wildman–Crippen LogP) is 5.92. The number of esters is 1. The highest BCUT2D eigenvalue weighted by Crippen LogP contribution is 2.36. The van der Waals surface area contributed by atoms with Gasteiger partial charge in [0.05, 0.1) is 7.11 Å². The topological polar surface area (TPSA) is 55.4 Å². The zero-order valence-corrected chi connectivity index (χ0v) is 16.9. The van der Waals surface area contributed by atoms with E-state index in [2.05, 4.69) is 5.32 Å². The third-order valence-electron chi connectivity index (χ3n) is 4.80. The van der Waals surface area contributed by atoms with Crippen molar-refractivity contribution in [2.45, 2.75) is 6.92 Å². The molecule has 29 heavy (non-hydrogen) atoms. The molecule has 0 atom stereocenters. The van der Waals surface area contributed by atoms with E-state index in [0.29, 0.717) is 16.1 Å². The molecule has 4 rings (SSSR count). The van der Waals surface area contributed by atoms with Crippen LogP contribution in [0.1, 0.15) is 26.3 Å². The van der Waals surface area contributed by atoms with Gasteiger partial charge in [0.1, 0.15) is 10.6 Å². The van der Waals surface area contributed by atoms with Gasteiger partial charge in [-0.3, -0.25) is 4.79 Å². The Balaban J connectivity index is 1.74. The molecule has 0 saturated heterocycles. The highest BCUT2D eigenvalue weighted by atomic mass is 32.1. The predicted molar refractivity (Wildman–Crippen MR) is 118 cm³/mol. The van der Waals surface area contributed by atoms with Crippen LogP contribution in [0.15, 0.2) is 72.1 Å². The van der Waals surface area contributed by atoms with Crippen molar-refractivity contribution in [1.82, 2.24) is 0 Å². The minimum atomic E-state index is -0.477. The zero-order valence-electron chi connectivity index (χ0n) is 16.1. The lowest BCUT2D eigenvalue weighted by Gasteiger charge is -2.09. The summed E-state index contributed by atoms with van der Waals surface area (Å²) in [5.41, 5.74) is 3.71. The highest BCUT2D eigenvalue weighted by Gasteiger charge is 2.23. The van der Waals surface area contributed by atoms with Crippen molar-refractivity contribution < 1.29 is 14.3 Å². The molecule has 0 aliphatic heterocycles. The van der Waals surface area contributed by atoms with Gasteiger partial charge in [0.25, 0.3) is 5.91 Å². The van der Waals surface area contributed by atoms with Gasteiger partial charge >= 0.3 is 5.97 Å². The standard InChI is InChI=1S/C24H19NO3S/c1-15-10-12-17(13-11-15)20-14-29-23(21(20)24(27)28-2)25-22(26)19-9-5-7-16-6-3-4-8-18(16)19/h3-14H,1-2H3,(H,25,26). The van der Waals surface area contributed by atoms with Crippen molar-refractivity contribution in [3.8, 4) is 11.1 Å². The van der Waals surface area contributed by atoms with E-state index < -0.39 is 5.97 Å². The number of fused-ring (bicyclic) bond motifs is 1. The molecule has 5 heteroatoms. The monoisotopic (exact) mass is 401 g/mol. The number of aryl methyl sites for hydroxylation is 1. The van der Waals surface area contributed by atoms with E-state index in [-0.39, 0.29) is 5.91 Å². The van der Waals surface area contributed by atoms with Crippen LogP contribution in [0.4, 0.5) is 5.00 Å². The van der Waals surface area contributed by atoms with Gasteiger partial charge in [-0.15, -0.1) is 11.3 Å². The molecule has 4 nitrogen and oxygen atoms in total. The Bertz CT molecular complexity index is 1200. The van der Waals surface area contributed by atoms with E-state index in [1.54, 1.807) is 6.07 Å². The average molecular weight is 401 g/mol. The third kappa shape index (κ3) is 3.65. The fraction of sp³-hybridized carbons (Fsp3) is 0.0833. The van der Waals surface area contributed by atoms with Crippen LogP contribution < -0.4 is 5.32 Å². The molecule has 4 aromatic rings. The van der Waals surface area contributed by atoms with Crippen LogP contribution in [0.25, 0.3) is 21.9 Å². The number of benzene rings is 3. The van der Waals surface area contributed by atoms with Crippen LogP contribution >= 0.6 is 11.3 Å². The van der Waals surface area contributed by atoms with Crippen LogP contribution in [0.2, 0.25) is 0 Å². The molecule has 0 saturated carbocycles. The Morgan fingerprint density at radius 2 is 1.66 bits per heavy atom. The van der Waals surface area contributed by atoms with Gasteiger partial charge in [-0.1, -0.05) is 66.2 Å². The van der Waals surface area contributed by atoms with Crippen LogP contribution in [0.3, 0.4) is 0 Å². The van der Waals surface area contributed by atoms with Crippen molar-refractivity contribution in [2.24, 2.45) is 0 Å². The van der Waals surface area contributed by atoms with Gasteiger partial charge in [0.15, 0.2) is 0 Å². The summed E-state index contributed by atoms with van der Waals surface area (Å²) in [4.78, 5) is 25.5. The van der Waals surface area contributed by atoms with Crippen molar-refractivity contribution in [3.05, 3.63) is 88.8 Å². The number of methoxy groups -OCH3 is 1. The van der Waals surface area contributed by atoms with Gasteiger partial charge in [-0.05, 0) is 29.3 Å². The second kappa shape index (κ2) is 7.89. The number of hydrogen-bond donors (Lipinski definition) is 1. The van der Waals surface area contributed by atoms with Crippen molar-refractivity contribution in [3.63, 3.8) is 0 Å². The SMILES string of the molecule is COC(=O)c1c(-c2ccc(C)cc2)csc1NC(=O)c1cccc2ccccc12.